The molecule has 0 spiro atoms. The second-order valence-electron chi connectivity index (χ2n) is 7.47. The van der Waals surface area contributed by atoms with Crippen molar-refractivity contribution in [3.63, 3.8) is 0 Å². The number of pyridine rings is 1. The van der Waals surface area contributed by atoms with E-state index >= 15 is 0 Å². The Morgan fingerprint density at radius 3 is 2.67 bits per heavy atom. The van der Waals surface area contributed by atoms with Gasteiger partial charge >= 0.3 is 0 Å². The number of hydrogen-bond acceptors (Lipinski definition) is 4. The summed E-state index contributed by atoms with van der Waals surface area (Å²) in [5, 5.41) is 4.45. The lowest BCUT2D eigenvalue weighted by atomic mass is 9.94. The third kappa shape index (κ3) is 3.34. The monoisotopic (exact) mass is 367 g/mol. The summed E-state index contributed by atoms with van der Waals surface area (Å²) in [7, 11) is 0. The van der Waals surface area contributed by atoms with Gasteiger partial charge in [0.2, 0.25) is 0 Å². The molecule has 0 saturated carbocycles. The van der Waals surface area contributed by atoms with Crippen LogP contribution >= 0.6 is 0 Å². The fraction of sp³-hybridized carbons (Fsp3) is 0.500. The Hall–Kier alpha value is -2.70. The number of amides is 2. The van der Waals surface area contributed by atoms with Gasteiger partial charge in [-0.05, 0) is 50.8 Å². The summed E-state index contributed by atoms with van der Waals surface area (Å²) in [4.78, 5) is 33.9. The maximum Gasteiger partial charge on any atom is 0.274 e. The average Bonchev–Trinajstić information content (AvgIpc) is 2.86. The van der Waals surface area contributed by atoms with E-state index < -0.39 is 0 Å². The molecular formula is C20H25N5O2. The molecule has 3 fully saturated rings. The van der Waals surface area contributed by atoms with Gasteiger partial charge in [0.1, 0.15) is 5.69 Å². The fourth-order valence-corrected chi connectivity index (χ4v) is 4.23. The number of hydrogen-bond donors (Lipinski definition) is 0. The van der Waals surface area contributed by atoms with Gasteiger partial charge < -0.3 is 9.80 Å². The minimum Gasteiger partial charge on any atom is -0.335 e. The van der Waals surface area contributed by atoms with Crippen molar-refractivity contribution in [2.45, 2.75) is 39.3 Å². The highest BCUT2D eigenvalue weighted by Gasteiger charge is 2.39. The number of carbonyl (C=O) groups excluding carboxylic acids is 2. The van der Waals surface area contributed by atoms with Gasteiger partial charge in [0.05, 0.1) is 0 Å². The molecule has 3 aliphatic heterocycles. The van der Waals surface area contributed by atoms with Crippen LogP contribution in [0.5, 0.6) is 0 Å². The second-order valence-corrected chi connectivity index (χ2v) is 7.47. The molecule has 5 rings (SSSR count). The lowest BCUT2D eigenvalue weighted by Gasteiger charge is -2.35. The summed E-state index contributed by atoms with van der Waals surface area (Å²) in [6, 6.07) is 7.28. The van der Waals surface area contributed by atoms with Crippen LogP contribution in [0.25, 0.3) is 0 Å². The highest BCUT2D eigenvalue weighted by atomic mass is 16.2. The van der Waals surface area contributed by atoms with Crippen molar-refractivity contribution >= 4 is 11.8 Å². The van der Waals surface area contributed by atoms with Gasteiger partial charge in [-0.3, -0.25) is 19.3 Å². The molecule has 27 heavy (non-hydrogen) atoms. The molecule has 2 aromatic heterocycles. The number of fused-ring (bicyclic) bond motifs is 4. The number of piperidine rings is 1. The van der Waals surface area contributed by atoms with E-state index in [1.807, 2.05) is 40.5 Å². The van der Waals surface area contributed by atoms with Crippen molar-refractivity contribution in [3.05, 3.63) is 47.5 Å². The predicted octanol–water partition coefficient (Wildman–Crippen LogP) is 1.98. The molecule has 2 aromatic rings. The van der Waals surface area contributed by atoms with Crippen LogP contribution in [0.15, 0.2) is 30.5 Å². The van der Waals surface area contributed by atoms with Crippen molar-refractivity contribution in [1.29, 1.82) is 0 Å². The van der Waals surface area contributed by atoms with Crippen molar-refractivity contribution in [3.8, 4) is 0 Å². The van der Waals surface area contributed by atoms with Crippen LogP contribution < -0.4 is 0 Å². The zero-order chi connectivity index (χ0) is 19.0. The largest absolute Gasteiger partial charge is 0.335 e. The quantitative estimate of drug-likeness (QED) is 0.832. The molecule has 0 radical (unpaired) electrons. The first kappa shape index (κ1) is 17.7. The van der Waals surface area contributed by atoms with E-state index in [1.54, 1.807) is 18.3 Å². The van der Waals surface area contributed by atoms with Gasteiger partial charge in [0.15, 0.2) is 5.69 Å². The van der Waals surface area contributed by atoms with E-state index in [9.17, 15) is 9.59 Å². The van der Waals surface area contributed by atoms with Crippen LogP contribution in [0, 0.1) is 12.8 Å². The summed E-state index contributed by atoms with van der Waals surface area (Å²) in [6.07, 6.45) is 3.61. The topological polar surface area (TPSA) is 71.3 Å². The molecule has 3 aliphatic rings. The van der Waals surface area contributed by atoms with Gasteiger partial charge in [0, 0.05) is 44.1 Å². The van der Waals surface area contributed by atoms with Crippen molar-refractivity contribution in [1.82, 2.24) is 24.6 Å². The smallest absolute Gasteiger partial charge is 0.274 e. The van der Waals surface area contributed by atoms with E-state index in [1.165, 1.54) is 0 Å². The first-order chi connectivity index (χ1) is 13.1. The van der Waals surface area contributed by atoms with Crippen molar-refractivity contribution < 1.29 is 9.59 Å². The third-order valence-corrected chi connectivity index (χ3v) is 5.65. The Labute approximate surface area is 159 Å². The minimum absolute atomic E-state index is 0.0212. The van der Waals surface area contributed by atoms with Gasteiger partial charge in [-0.1, -0.05) is 6.07 Å². The zero-order valence-electron chi connectivity index (χ0n) is 15.8. The maximum absolute atomic E-state index is 13.1. The second kappa shape index (κ2) is 7.13. The first-order valence-corrected chi connectivity index (χ1v) is 9.62. The maximum atomic E-state index is 13.1. The third-order valence-electron chi connectivity index (χ3n) is 5.65. The van der Waals surface area contributed by atoms with Gasteiger partial charge in [-0.25, -0.2) is 0 Å². The molecule has 142 valence electrons. The highest BCUT2D eigenvalue weighted by molar-refractivity contribution is 5.94. The van der Waals surface area contributed by atoms with Crippen LogP contribution in [0.2, 0.25) is 0 Å². The number of rotatable bonds is 3. The molecule has 5 heterocycles. The number of aromatic nitrogens is 3. The van der Waals surface area contributed by atoms with E-state index in [0.29, 0.717) is 36.9 Å². The molecule has 7 nitrogen and oxygen atoms in total. The van der Waals surface area contributed by atoms with Crippen LogP contribution in [0.4, 0.5) is 0 Å². The Kier molecular flexibility index (Phi) is 4.68. The molecule has 0 aliphatic carbocycles. The molecule has 7 heteroatoms. The highest BCUT2D eigenvalue weighted by Crippen LogP contribution is 2.29. The van der Waals surface area contributed by atoms with E-state index in [2.05, 4.69) is 10.1 Å². The van der Waals surface area contributed by atoms with E-state index in [0.717, 1.165) is 25.1 Å². The molecule has 0 unspecified atom stereocenters. The molecular weight excluding hydrogens is 342 g/mol. The van der Waals surface area contributed by atoms with Crippen LogP contribution in [-0.4, -0.2) is 62.1 Å². The molecule has 3 saturated heterocycles. The lowest BCUT2D eigenvalue weighted by Crippen LogP contribution is -2.47. The normalized spacial score (nSPS) is 22.0. The summed E-state index contributed by atoms with van der Waals surface area (Å²) in [5.74, 6) is 0.231. The van der Waals surface area contributed by atoms with Crippen molar-refractivity contribution in [2.75, 3.05) is 19.6 Å². The summed E-state index contributed by atoms with van der Waals surface area (Å²) >= 11 is 0. The molecule has 2 amide bonds. The van der Waals surface area contributed by atoms with Crippen LogP contribution in [-0.2, 0) is 6.54 Å². The zero-order valence-corrected chi connectivity index (χ0v) is 15.8. The lowest BCUT2D eigenvalue weighted by molar-refractivity contribution is 0.0567. The molecule has 2 atom stereocenters. The Morgan fingerprint density at radius 2 is 1.96 bits per heavy atom. The number of nitrogens with zero attached hydrogens (tertiary/aromatic N) is 5. The van der Waals surface area contributed by atoms with Crippen LogP contribution in [0.3, 0.4) is 0 Å². The molecule has 0 N–H and O–H groups in total. The predicted molar refractivity (Wildman–Crippen MR) is 100 cm³/mol. The molecule has 0 aromatic carbocycles. The number of carbonyl (C=O) groups is 2. The Morgan fingerprint density at radius 1 is 1.11 bits per heavy atom. The van der Waals surface area contributed by atoms with E-state index in [4.69, 9.17) is 0 Å². The van der Waals surface area contributed by atoms with Gasteiger partial charge in [-0.15, -0.1) is 0 Å². The summed E-state index contributed by atoms with van der Waals surface area (Å²) < 4.78 is 1.85. The summed E-state index contributed by atoms with van der Waals surface area (Å²) in [5.41, 5.74) is 1.96. The molecule has 2 bridgehead atoms. The minimum atomic E-state index is -0.0482. The Balaban J connectivity index is 1.54. The van der Waals surface area contributed by atoms with Crippen molar-refractivity contribution in [2.24, 2.45) is 5.92 Å². The van der Waals surface area contributed by atoms with Gasteiger partial charge in [-0.2, -0.15) is 5.10 Å². The SMILES string of the molecule is CCn1nc(C(=O)N2C[C@H]3CC[C@@H]2CN(C(=O)c2ccccn2)C3)cc1C. The Bertz CT molecular complexity index is 847. The average molecular weight is 367 g/mol. The fourth-order valence-electron chi connectivity index (χ4n) is 4.23. The van der Waals surface area contributed by atoms with Crippen LogP contribution in [0.1, 0.15) is 46.4 Å². The van der Waals surface area contributed by atoms with E-state index in [-0.39, 0.29) is 17.9 Å². The van der Waals surface area contributed by atoms with Gasteiger partial charge in [0.25, 0.3) is 11.8 Å². The number of aryl methyl sites for hydroxylation is 2. The first-order valence-electron chi connectivity index (χ1n) is 9.62. The standard InChI is InChI=1S/C20H25N5O2/c1-3-25-14(2)10-18(22-25)20(27)24-12-15-7-8-16(24)13-23(11-15)19(26)17-6-4-5-9-21-17/h4-6,9-10,15-16H,3,7-8,11-13H2,1-2H3/t15-,16+/m0/s1. The summed E-state index contributed by atoms with van der Waals surface area (Å²) in [6.45, 7) is 6.66.